The molecular formula is C27H29Br2ClN2O2. The molecule has 1 N–H and O–H groups in total. The highest BCUT2D eigenvalue weighted by atomic mass is 79.9. The topological polar surface area (TPSA) is 49.4 Å². The third kappa shape index (κ3) is 5.10. The van der Waals surface area contributed by atoms with Crippen LogP contribution in [0.5, 0.6) is 0 Å². The first-order valence-corrected chi connectivity index (χ1v) is 14.2. The highest BCUT2D eigenvalue weighted by Gasteiger charge is 2.40. The largest absolute Gasteiger partial charge is 0.383 e. The summed E-state index contributed by atoms with van der Waals surface area (Å²) in [5.74, 6) is 1.20. The summed E-state index contributed by atoms with van der Waals surface area (Å²) < 4.78 is 2.17. The summed E-state index contributed by atoms with van der Waals surface area (Å²) in [6.45, 7) is 1.54. The smallest absolute Gasteiger partial charge is 0.246 e. The van der Waals surface area contributed by atoms with Gasteiger partial charge in [-0.15, -0.1) is 0 Å². The lowest BCUT2D eigenvalue weighted by Gasteiger charge is -2.41. The summed E-state index contributed by atoms with van der Waals surface area (Å²) in [7, 11) is 0. The van der Waals surface area contributed by atoms with E-state index in [1.807, 2.05) is 11.0 Å². The van der Waals surface area contributed by atoms with Gasteiger partial charge in [-0.05, 0) is 95.3 Å². The lowest BCUT2D eigenvalue weighted by molar-refractivity contribution is -0.127. The molecule has 2 aliphatic carbocycles. The standard InChI is InChI=1S/C27H29Br2ClN2O2/c28-20-12-19-4-3-18-13-21(30)14-23(29)25(18)26(27(19)31-15-20)17-7-9-32(10-8-17)24(34)11-16-1-5-22(33)6-2-16/h11-15,17,26-27,31H,1-10H2/t26-,27?/m1/s1. The van der Waals surface area contributed by atoms with Gasteiger partial charge in [-0.25, -0.2) is 0 Å². The number of piperidine rings is 1. The first-order valence-electron chi connectivity index (χ1n) is 12.2. The van der Waals surface area contributed by atoms with E-state index in [1.165, 1.54) is 16.7 Å². The Morgan fingerprint density at radius 1 is 1.06 bits per heavy atom. The average Bonchev–Trinajstić information content (AvgIpc) is 2.97. The zero-order valence-corrected chi connectivity index (χ0v) is 23.0. The summed E-state index contributed by atoms with van der Waals surface area (Å²) in [4.78, 5) is 26.5. The van der Waals surface area contributed by atoms with Crippen molar-refractivity contribution in [2.24, 2.45) is 5.92 Å². The molecule has 0 radical (unpaired) electrons. The fourth-order valence-electron chi connectivity index (χ4n) is 6.06. The molecule has 7 heteroatoms. The van der Waals surface area contributed by atoms with Crippen LogP contribution >= 0.6 is 43.5 Å². The Hall–Kier alpha value is -1.37. The number of fused-ring (bicyclic) bond motifs is 2. The van der Waals surface area contributed by atoms with E-state index < -0.39 is 0 Å². The third-order valence-electron chi connectivity index (χ3n) is 7.82. The molecule has 0 aromatic heterocycles. The van der Waals surface area contributed by atoms with Gasteiger partial charge in [0.05, 0.1) is 6.04 Å². The number of likely N-dealkylation sites (tertiary alicyclic amines) is 1. The zero-order chi connectivity index (χ0) is 23.8. The Labute approximate surface area is 223 Å². The molecule has 4 nitrogen and oxygen atoms in total. The van der Waals surface area contributed by atoms with E-state index in [9.17, 15) is 9.59 Å². The Bertz CT molecular complexity index is 1090. The van der Waals surface area contributed by atoms with Crippen LogP contribution in [0.25, 0.3) is 0 Å². The molecule has 2 atom stereocenters. The van der Waals surface area contributed by atoms with Crippen molar-refractivity contribution in [2.45, 2.75) is 63.3 Å². The number of carbonyl (C=O) groups excluding carboxylic acids is 2. The average molecular weight is 609 g/mol. The maximum atomic E-state index is 12.9. The van der Waals surface area contributed by atoms with Gasteiger partial charge in [0.1, 0.15) is 5.78 Å². The second-order valence-corrected chi connectivity index (χ2v) is 12.1. The van der Waals surface area contributed by atoms with Gasteiger partial charge < -0.3 is 10.2 Å². The number of halogens is 3. The van der Waals surface area contributed by atoms with Crippen molar-refractivity contribution in [3.63, 3.8) is 0 Å². The SMILES string of the molecule is O=C1CCC(=CC(=O)N2CCC([C@@H]3c4c(Br)cc(Cl)cc4CCC4=CC(Br)=CNC43)CC2)CC1. The van der Waals surface area contributed by atoms with Crippen molar-refractivity contribution in [3.05, 3.63) is 66.7 Å². The zero-order valence-electron chi connectivity index (χ0n) is 19.1. The number of rotatable bonds is 2. The molecule has 0 spiro atoms. The molecule has 0 bridgehead atoms. The first-order chi connectivity index (χ1) is 16.4. The minimum absolute atomic E-state index is 0.111. The van der Waals surface area contributed by atoms with Gasteiger partial charge in [0.2, 0.25) is 5.91 Å². The molecule has 1 saturated heterocycles. The van der Waals surface area contributed by atoms with Gasteiger partial charge in [-0.2, -0.15) is 0 Å². The van der Waals surface area contributed by atoms with Crippen molar-refractivity contribution >= 4 is 55.2 Å². The van der Waals surface area contributed by atoms with Crippen LogP contribution in [0, 0.1) is 5.92 Å². The predicted octanol–water partition coefficient (Wildman–Crippen LogP) is 6.57. The lowest BCUT2D eigenvalue weighted by atomic mass is 9.73. The number of ketones is 1. The molecule has 180 valence electrons. The number of carbonyl (C=O) groups is 2. The van der Waals surface area contributed by atoms with Gasteiger partial charge in [-0.3, -0.25) is 9.59 Å². The quantitative estimate of drug-likeness (QED) is 0.386. The Morgan fingerprint density at radius 2 is 1.79 bits per heavy atom. The minimum Gasteiger partial charge on any atom is -0.383 e. The first kappa shape index (κ1) is 24.3. The van der Waals surface area contributed by atoms with E-state index >= 15 is 0 Å². The number of dihydropyridines is 1. The summed E-state index contributed by atoms with van der Waals surface area (Å²) in [5, 5.41) is 4.46. The fraction of sp³-hybridized carbons (Fsp3) is 0.481. The van der Waals surface area contributed by atoms with Crippen LogP contribution in [0.1, 0.15) is 62.0 Å². The minimum atomic E-state index is 0.111. The molecule has 34 heavy (non-hydrogen) atoms. The third-order valence-corrected chi connectivity index (χ3v) is 9.15. The monoisotopic (exact) mass is 606 g/mol. The summed E-state index contributed by atoms with van der Waals surface area (Å²) in [5.41, 5.74) is 5.25. The molecule has 2 aliphatic heterocycles. The lowest BCUT2D eigenvalue weighted by Crippen LogP contribution is -2.44. The van der Waals surface area contributed by atoms with Crippen LogP contribution in [-0.4, -0.2) is 35.7 Å². The Morgan fingerprint density at radius 3 is 2.53 bits per heavy atom. The van der Waals surface area contributed by atoms with E-state index in [2.05, 4.69) is 55.5 Å². The number of benzene rings is 1. The Balaban J connectivity index is 1.36. The molecule has 1 aromatic rings. The normalized spacial score (nSPS) is 25.4. The van der Waals surface area contributed by atoms with Crippen molar-refractivity contribution in [3.8, 4) is 0 Å². The highest BCUT2D eigenvalue weighted by molar-refractivity contribution is 9.12. The molecule has 1 aromatic carbocycles. The van der Waals surface area contributed by atoms with Crippen LogP contribution in [0.3, 0.4) is 0 Å². The van der Waals surface area contributed by atoms with Gasteiger partial charge in [0.15, 0.2) is 0 Å². The molecule has 1 unspecified atom stereocenters. The molecular weight excluding hydrogens is 580 g/mol. The van der Waals surface area contributed by atoms with Gasteiger partial charge in [0, 0.05) is 58.1 Å². The highest BCUT2D eigenvalue weighted by Crippen LogP contribution is 2.47. The van der Waals surface area contributed by atoms with Crippen LogP contribution in [0.15, 0.2) is 50.6 Å². The summed E-state index contributed by atoms with van der Waals surface area (Å²) in [6.07, 6.45) is 12.7. The number of nitrogens with zero attached hydrogens (tertiary/aromatic N) is 1. The van der Waals surface area contributed by atoms with Crippen LogP contribution < -0.4 is 5.32 Å². The van der Waals surface area contributed by atoms with Crippen molar-refractivity contribution in [1.82, 2.24) is 10.2 Å². The second-order valence-electron chi connectivity index (χ2n) is 9.88. The van der Waals surface area contributed by atoms with Crippen LogP contribution in [0.2, 0.25) is 5.02 Å². The molecule has 1 saturated carbocycles. The number of aryl methyl sites for hydroxylation is 1. The summed E-state index contributed by atoms with van der Waals surface area (Å²) in [6, 6.07) is 4.40. The predicted molar refractivity (Wildman–Crippen MR) is 143 cm³/mol. The molecule has 2 heterocycles. The van der Waals surface area contributed by atoms with Gasteiger partial charge >= 0.3 is 0 Å². The van der Waals surface area contributed by atoms with E-state index in [4.69, 9.17) is 11.6 Å². The summed E-state index contributed by atoms with van der Waals surface area (Å²) >= 11 is 13.9. The molecule has 2 fully saturated rings. The van der Waals surface area contributed by atoms with Gasteiger partial charge in [0.25, 0.3) is 0 Å². The molecule has 1 amide bonds. The van der Waals surface area contributed by atoms with E-state index in [-0.39, 0.29) is 11.9 Å². The van der Waals surface area contributed by atoms with Crippen molar-refractivity contribution < 1.29 is 9.59 Å². The fourth-order valence-corrected chi connectivity index (χ4v) is 7.62. The van der Waals surface area contributed by atoms with Crippen molar-refractivity contribution in [2.75, 3.05) is 13.1 Å². The maximum absolute atomic E-state index is 12.9. The maximum Gasteiger partial charge on any atom is 0.246 e. The van der Waals surface area contributed by atoms with E-state index in [0.717, 1.165) is 71.2 Å². The van der Waals surface area contributed by atoms with Crippen molar-refractivity contribution in [1.29, 1.82) is 0 Å². The van der Waals surface area contributed by atoms with Crippen LogP contribution in [0.4, 0.5) is 0 Å². The number of amides is 1. The number of hydrogen-bond acceptors (Lipinski definition) is 3. The van der Waals surface area contributed by atoms with E-state index in [1.54, 1.807) is 6.08 Å². The Kier molecular flexibility index (Phi) is 7.38. The molecule has 4 aliphatic rings. The molecule has 5 rings (SSSR count). The van der Waals surface area contributed by atoms with Gasteiger partial charge in [-0.1, -0.05) is 33.1 Å². The number of Topliss-reactive ketones (excluding diaryl/α,β-unsaturated/α-hetero) is 1. The second kappa shape index (κ2) is 10.3. The van der Waals surface area contributed by atoms with E-state index in [0.29, 0.717) is 30.5 Å². The van der Waals surface area contributed by atoms with Crippen LogP contribution in [-0.2, 0) is 16.0 Å². The number of nitrogens with one attached hydrogen (secondary N) is 1. The number of allylic oxidation sites excluding steroid dienone is 3. The number of hydrogen-bond donors (Lipinski definition) is 1.